The van der Waals surface area contributed by atoms with Gasteiger partial charge < -0.3 is 10.6 Å². The Labute approximate surface area is 128 Å². The van der Waals surface area contributed by atoms with Crippen molar-refractivity contribution in [3.05, 3.63) is 58.4 Å². The zero-order chi connectivity index (χ0) is 14.7. The maximum absolute atomic E-state index is 13.1. The SMILES string of the molecule is Cc1ccc(NC(=S)Nc2ccc(F)c(Cl)c2)cc1C. The zero-order valence-electron chi connectivity index (χ0n) is 11.1. The summed E-state index contributed by atoms with van der Waals surface area (Å²) in [6.07, 6.45) is 0. The molecule has 0 aliphatic heterocycles. The van der Waals surface area contributed by atoms with Crippen molar-refractivity contribution in [2.24, 2.45) is 0 Å². The number of hydrogen-bond donors (Lipinski definition) is 2. The summed E-state index contributed by atoms with van der Waals surface area (Å²) in [5.74, 6) is -0.453. The molecule has 0 aliphatic rings. The highest BCUT2D eigenvalue weighted by Crippen LogP contribution is 2.20. The Morgan fingerprint density at radius 1 is 1.00 bits per heavy atom. The van der Waals surface area contributed by atoms with Gasteiger partial charge in [-0.15, -0.1) is 0 Å². The van der Waals surface area contributed by atoms with Gasteiger partial charge in [-0.2, -0.15) is 0 Å². The van der Waals surface area contributed by atoms with Gasteiger partial charge in [0, 0.05) is 11.4 Å². The van der Waals surface area contributed by atoms with E-state index in [1.165, 1.54) is 23.3 Å². The highest BCUT2D eigenvalue weighted by molar-refractivity contribution is 7.80. The summed E-state index contributed by atoms with van der Waals surface area (Å²) in [6.45, 7) is 4.09. The van der Waals surface area contributed by atoms with Gasteiger partial charge in [-0.3, -0.25) is 0 Å². The van der Waals surface area contributed by atoms with Crippen molar-refractivity contribution in [2.75, 3.05) is 10.6 Å². The molecule has 104 valence electrons. The number of anilines is 2. The van der Waals surface area contributed by atoms with Crippen LogP contribution in [0, 0.1) is 19.7 Å². The molecule has 2 rings (SSSR count). The van der Waals surface area contributed by atoms with Crippen molar-refractivity contribution in [3.63, 3.8) is 0 Å². The first-order valence-electron chi connectivity index (χ1n) is 6.06. The van der Waals surface area contributed by atoms with Crippen molar-refractivity contribution in [1.29, 1.82) is 0 Å². The lowest BCUT2D eigenvalue weighted by molar-refractivity contribution is 0.628. The first kappa shape index (κ1) is 14.8. The van der Waals surface area contributed by atoms with E-state index in [1.807, 2.05) is 25.1 Å². The quantitative estimate of drug-likeness (QED) is 0.771. The molecular formula is C15H14ClFN2S. The predicted molar refractivity (Wildman–Crippen MR) is 87.2 cm³/mol. The molecule has 0 fully saturated rings. The topological polar surface area (TPSA) is 24.1 Å². The van der Waals surface area contributed by atoms with Gasteiger partial charge in [-0.1, -0.05) is 17.7 Å². The minimum Gasteiger partial charge on any atom is -0.332 e. The molecule has 20 heavy (non-hydrogen) atoms. The zero-order valence-corrected chi connectivity index (χ0v) is 12.7. The maximum atomic E-state index is 13.1. The minimum atomic E-state index is -0.453. The van der Waals surface area contributed by atoms with E-state index in [2.05, 4.69) is 17.6 Å². The van der Waals surface area contributed by atoms with Gasteiger partial charge in [0.15, 0.2) is 5.11 Å². The highest BCUT2D eigenvalue weighted by atomic mass is 35.5. The second-order valence-corrected chi connectivity index (χ2v) is 5.32. The summed E-state index contributed by atoms with van der Waals surface area (Å²) in [7, 11) is 0. The van der Waals surface area contributed by atoms with Crippen LogP contribution in [0.15, 0.2) is 36.4 Å². The predicted octanol–water partition coefficient (Wildman–Crippen LogP) is 4.90. The molecule has 0 heterocycles. The molecule has 0 atom stereocenters. The summed E-state index contributed by atoms with van der Waals surface area (Å²) in [6, 6.07) is 10.4. The third-order valence-electron chi connectivity index (χ3n) is 2.94. The molecule has 2 aromatic rings. The van der Waals surface area contributed by atoms with Crippen LogP contribution < -0.4 is 10.6 Å². The lowest BCUT2D eigenvalue weighted by atomic mass is 10.1. The van der Waals surface area contributed by atoms with Crippen LogP contribution in [0.2, 0.25) is 5.02 Å². The summed E-state index contributed by atoms with van der Waals surface area (Å²) >= 11 is 10.9. The van der Waals surface area contributed by atoms with Crippen LogP contribution in [0.5, 0.6) is 0 Å². The van der Waals surface area contributed by atoms with Crippen LogP contribution in [0.4, 0.5) is 15.8 Å². The van der Waals surface area contributed by atoms with Crippen molar-refractivity contribution < 1.29 is 4.39 Å². The normalized spacial score (nSPS) is 10.2. The van der Waals surface area contributed by atoms with Crippen LogP contribution >= 0.6 is 23.8 Å². The van der Waals surface area contributed by atoms with Crippen LogP contribution in [0.25, 0.3) is 0 Å². The summed E-state index contributed by atoms with van der Waals surface area (Å²) in [4.78, 5) is 0. The fraction of sp³-hybridized carbons (Fsp3) is 0.133. The summed E-state index contributed by atoms with van der Waals surface area (Å²) in [5.41, 5.74) is 3.94. The molecule has 0 amide bonds. The molecule has 0 radical (unpaired) electrons. The van der Waals surface area contributed by atoms with E-state index in [1.54, 1.807) is 6.07 Å². The minimum absolute atomic E-state index is 0.0592. The van der Waals surface area contributed by atoms with Gasteiger partial charge in [-0.25, -0.2) is 4.39 Å². The fourth-order valence-electron chi connectivity index (χ4n) is 1.69. The van der Waals surface area contributed by atoms with Crippen LogP contribution in [-0.4, -0.2) is 5.11 Å². The number of halogens is 2. The molecule has 2 aromatic carbocycles. The Morgan fingerprint density at radius 2 is 1.60 bits per heavy atom. The Hall–Kier alpha value is -1.65. The molecule has 0 aromatic heterocycles. The number of benzene rings is 2. The number of nitrogens with one attached hydrogen (secondary N) is 2. The van der Waals surface area contributed by atoms with Gasteiger partial charge in [-0.05, 0) is 67.5 Å². The first-order chi connectivity index (χ1) is 9.45. The molecule has 2 nitrogen and oxygen atoms in total. The van der Waals surface area contributed by atoms with Crippen LogP contribution in [0.1, 0.15) is 11.1 Å². The lowest BCUT2D eigenvalue weighted by Crippen LogP contribution is -2.19. The van der Waals surface area contributed by atoms with Crippen molar-refractivity contribution >= 4 is 40.3 Å². The third kappa shape index (κ3) is 3.68. The summed E-state index contributed by atoms with van der Waals surface area (Å²) < 4.78 is 13.1. The number of rotatable bonds is 2. The van der Waals surface area contributed by atoms with E-state index in [0.29, 0.717) is 10.8 Å². The molecule has 0 unspecified atom stereocenters. The van der Waals surface area contributed by atoms with Gasteiger partial charge >= 0.3 is 0 Å². The third-order valence-corrected chi connectivity index (χ3v) is 3.44. The molecule has 2 N–H and O–H groups in total. The molecule has 0 spiro atoms. The average molecular weight is 309 g/mol. The second-order valence-electron chi connectivity index (χ2n) is 4.51. The van der Waals surface area contributed by atoms with Crippen LogP contribution in [0.3, 0.4) is 0 Å². The van der Waals surface area contributed by atoms with Gasteiger partial charge in [0.2, 0.25) is 0 Å². The number of thiocarbonyl (C=S) groups is 1. The van der Waals surface area contributed by atoms with Crippen molar-refractivity contribution in [2.45, 2.75) is 13.8 Å². The molecule has 5 heteroatoms. The average Bonchev–Trinajstić information content (AvgIpc) is 2.38. The largest absolute Gasteiger partial charge is 0.332 e. The van der Waals surface area contributed by atoms with E-state index in [9.17, 15) is 4.39 Å². The molecule has 0 bridgehead atoms. The van der Waals surface area contributed by atoms with E-state index >= 15 is 0 Å². The molecule has 0 saturated carbocycles. The van der Waals surface area contributed by atoms with Crippen molar-refractivity contribution in [3.8, 4) is 0 Å². The molecule has 0 saturated heterocycles. The monoisotopic (exact) mass is 308 g/mol. The Bertz CT molecular complexity index is 603. The van der Waals surface area contributed by atoms with Gasteiger partial charge in [0.1, 0.15) is 5.82 Å². The number of hydrogen-bond acceptors (Lipinski definition) is 1. The van der Waals surface area contributed by atoms with E-state index in [0.717, 1.165) is 5.69 Å². The Balaban J connectivity index is 2.04. The van der Waals surface area contributed by atoms with Crippen LogP contribution in [-0.2, 0) is 0 Å². The Morgan fingerprint density at radius 3 is 2.20 bits per heavy atom. The van der Waals surface area contributed by atoms with E-state index in [4.69, 9.17) is 23.8 Å². The second kappa shape index (κ2) is 6.20. The van der Waals surface area contributed by atoms with Crippen molar-refractivity contribution in [1.82, 2.24) is 0 Å². The highest BCUT2D eigenvalue weighted by Gasteiger charge is 2.03. The molecular weight excluding hydrogens is 295 g/mol. The van der Waals surface area contributed by atoms with Gasteiger partial charge in [0.05, 0.1) is 5.02 Å². The van der Waals surface area contributed by atoms with E-state index in [-0.39, 0.29) is 5.02 Å². The first-order valence-corrected chi connectivity index (χ1v) is 6.84. The fourth-order valence-corrected chi connectivity index (χ4v) is 2.10. The van der Waals surface area contributed by atoms with E-state index < -0.39 is 5.82 Å². The number of aryl methyl sites for hydroxylation is 2. The van der Waals surface area contributed by atoms with Gasteiger partial charge in [0.25, 0.3) is 0 Å². The maximum Gasteiger partial charge on any atom is 0.175 e. The smallest absolute Gasteiger partial charge is 0.175 e. The standard InChI is InChI=1S/C15H14ClFN2S/c1-9-3-4-11(7-10(9)2)18-15(20)19-12-5-6-14(17)13(16)8-12/h3-8H,1-2H3,(H2,18,19,20). The summed E-state index contributed by atoms with van der Waals surface area (Å²) in [5, 5.41) is 6.52. The lowest BCUT2D eigenvalue weighted by Gasteiger charge is -2.12. The Kier molecular flexibility index (Phi) is 4.57. The molecule has 0 aliphatic carbocycles.